The van der Waals surface area contributed by atoms with E-state index in [1.807, 2.05) is 0 Å². The van der Waals surface area contributed by atoms with Crippen molar-refractivity contribution in [2.24, 2.45) is 7.05 Å². The molecule has 1 saturated carbocycles. The first-order valence-electron chi connectivity index (χ1n) is 13.1. The van der Waals surface area contributed by atoms with Gasteiger partial charge in [0.15, 0.2) is 11.6 Å². The maximum atomic E-state index is 14.5. The Bertz CT molecular complexity index is 1390. The molecule has 3 fully saturated rings. The van der Waals surface area contributed by atoms with Gasteiger partial charge in [0.05, 0.1) is 11.8 Å². The quantitative estimate of drug-likeness (QED) is 0.538. The van der Waals surface area contributed by atoms with Crippen LogP contribution in [0.5, 0.6) is 5.75 Å². The molecule has 37 heavy (non-hydrogen) atoms. The number of phenolic OH excluding ortho intramolecular Hbond substituents is 1. The molecule has 4 heterocycles. The first-order chi connectivity index (χ1) is 17.6. The molecule has 1 aromatic carbocycles. The number of phenols is 1. The summed E-state index contributed by atoms with van der Waals surface area (Å²) in [7, 11) is 1.49. The predicted molar refractivity (Wildman–Crippen MR) is 140 cm³/mol. The molecular formula is C28H33FN6O2. The van der Waals surface area contributed by atoms with Gasteiger partial charge in [-0.2, -0.15) is 0 Å². The van der Waals surface area contributed by atoms with Crippen molar-refractivity contribution in [1.82, 2.24) is 25.1 Å². The number of halogens is 1. The lowest BCUT2D eigenvalue weighted by Crippen LogP contribution is -2.67. The van der Waals surface area contributed by atoms with Gasteiger partial charge in [-0.3, -0.25) is 4.79 Å². The molecule has 9 heteroatoms. The lowest BCUT2D eigenvalue weighted by molar-refractivity contribution is 0.0766. The van der Waals surface area contributed by atoms with Crippen molar-refractivity contribution in [3.8, 4) is 28.3 Å². The number of aromatic nitrogens is 4. The Hall–Kier alpha value is -3.33. The summed E-state index contributed by atoms with van der Waals surface area (Å²) >= 11 is 0. The largest absolute Gasteiger partial charge is 0.507 e. The van der Waals surface area contributed by atoms with E-state index in [9.17, 15) is 14.3 Å². The maximum Gasteiger partial charge on any atom is 0.251 e. The molecule has 3 atom stereocenters. The number of aromatic hydroxyl groups is 1. The molecule has 0 amide bonds. The number of anilines is 1. The molecule has 2 aromatic heterocycles. The average Bonchev–Trinajstić information content (AvgIpc) is 3.66. The van der Waals surface area contributed by atoms with Crippen LogP contribution in [0.1, 0.15) is 58.8 Å². The van der Waals surface area contributed by atoms with Gasteiger partial charge in [0.25, 0.3) is 5.56 Å². The Morgan fingerprint density at radius 2 is 1.81 bits per heavy atom. The fourth-order valence-corrected chi connectivity index (χ4v) is 6.58. The van der Waals surface area contributed by atoms with E-state index in [1.165, 1.54) is 43.0 Å². The van der Waals surface area contributed by atoms with Crippen LogP contribution in [0.4, 0.5) is 10.2 Å². The second-order valence-corrected chi connectivity index (χ2v) is 11.7. The number of piperidine rings is 2. The van der Waals surface area contributed by atoms with Gasteiger partial charge in [0, 0.05) is 48.0 Å². The van der Waals surface area contributed by atoms with Gasteiger partial charge >= 0.3 is 0 Å². The Morgan fingerprint density at radius 1 is 1.08 bits per heavy atom. The van der Waals surface area contributed by atoms with Crippen LogP contribution in [0.2, 0.25) is 0 Å². The van der Waals surface area contributed by atoms with Gasteiger partial charge in [-0.1, -0.05) is 6.07 Å². The van der Waals surface area contributed by atoms with Gasteiger partial charge in [-0.25, -0.2) is 9.37 Å². The van der Waals surface area contributed by atoms with Crippen LogP contribution in [0, 0.1) is 5.82 Å². The highest BCUT2D eigenvalue weighted by atomic mass is 19.1. The predicted octanol–water partition coefficient (Wildman–Crippen LogP) is 4.17. The van der Waals surface area contributed by atoms with Crippen LogP contribution in [0.15, 0.2) is 41.5 Å². The lowest BCUT2D eigenvalue weighted by atomic mass is 9.69. The molecule has 194 valence electrons. The number of hydrogen-bond donors (Lipinski definition) is 2. The molecule has 8 nitrogen and oxygen atoms in total. The molecule has 1 aliphatic carbocycles. The lowest BCUT2D eigenvalue weighted by Gasteiger charge is -2.55. The summed E-state index contributed by atoms with van der Waals surface area (Å²) in [4.78, 5) is 19.0. The number of nitrogens with zero attached hydrogens (tertiary/aromatic N) is 5. The summed E-state index contributed by atoms with van der Waals surface area (Å²) in [6.07, 6.45) is 11.0. The summed E-state index contributed by atoms with van der Waals surface area (Å²) in [5.41, 5.74) is 0.887. The van der Waals surface area contributed by atoms with Crippen molar-refractivity contribution in [3.05, 3.63) is 52.8 Å². The highest BCUT2D eigenvalue weighted by molar-refractivity contribution is 5.73. The highest BCUT2D eigenvalue weighted by Gasteiger charge is 2.49. The van der Waals surface area contributed by atoms with Crippen molar-refractivity contribution in [2.45, 2.75) is 82.0 Å². The number of aryl methyl sites for hydroxylation is 1. The van der Waals surface area contributed by atoms with Gasteiger partial charge in [0.1, 0.15) is 11.6 Å². The number of pyridine rings is 1. The van der Waals surface area contributed by atoms with Gasteiger partial charge < -0.3 is 19.9 Å². The molecule has 3 aliphatic rings. The summed E-state index contributed by atoms with van der Waals surface area (Å²) < 4.78 is 15.6. The maximum absolute atomic E-state index is 14.5. The molecule has 6 rings (SSSR count). The molecule has 3 aromatic rings. The van der Waals surface area contributed by atoms with Crippen molar-refractivity contribution in [3.63, 3.8) is 0 Å². The molecule has 2 saturated heterocycles. The topological polar surface area (TPSA) is 96.2 Å². The summed E-state index contributed by atoms with van der Waals surface area (Å²) in [5.74, 6) is 0.440. The van der Waals surface area contributed by atoms with Gasteiger partial charge in [-0.15, -0.1) is 10.2 Å². The van der Waals surface area contributed by atoms with Crippen LogP contribution in [-0.2, 0) is 7.05 Å². The third-order valence-corrected chi connectivity index (χ3v) is 8.31. The van der Waals surface area contributed by atoms with E-state index in [1.54, 1.807) is 18.3 Å². The molecular weight excluding hydrogens is 471 g/mol. The number of benzene rings is 1. The van der Waals surface area contributed by atoms with E-state index in [2.05, 4.69) is 39.2 Å². The zero-order chi connectivity index (χ0) is 25.9. The van der Waals surface area contributed by atoms with E-state index < -0.39 is 5.82 Å². The smallest absolute Gasteiger partial charge is 0.251 e. The first-order valence-corrected chi connectivity index (χ1v) is 13.1. The van der Waals surface area contributed by atoms with E-state index in [-0.39, 0.29) is 28.0 Å². The third kappa shape index (κ3) is 4.50. The second kappa shape index (κ2) is 8.62. The van der Waals surface area contributed by atoms with Crippen LogP contribution in [0.3, 0.4) is 0 Å². The third-order valence-electron chi connectivity index (χ3n) is 8.31. The molecule has 2 N–H and O–H groups in total. The molecule has 0 radical (unpaired) electrons. The first kappa shape index (κ1) is 24.0. The Labute approximate surface area is 215 Å². The Kier molecular flexibility index (Phi) is 5.60. The number of fused-ring (bicyclic) bond motifs is 2. The summed E-state index contributed by atoms with van der Waals surface area (Å²) in [6.45, 7) is 4.70. The molecule has 2 aliphatic heterocycles. The zero-order valence-corrected chi connectivity index (χ0v) is 21.5. The van der Waals surface area contributed by atoms with E-state index in [0.717, 1.165) is 37.7 Å². The minimum atomic E-state index is -0.540. The highest BCUT2D eigenvalue weighted by Crippen LogP contribution is 2.45. The monoisotopic (exact) mass is 504 g/mol. The fourth-order valence-electron chi connectivity index (χ4n) is 6.58. The normalized spacial score (nSPS) is 27.2. The van der Waals surface area contributed by atoms with E-state index >= 15 is 0 Å². The summed E-state index contributed by atoms with van der Waals surface area (Å²) in [6, 6.07) is 6.78. The van der Waals surface area contributed by atoms with Gasteiger partial charge in [-0.05, 0) is 76.5 Å². The Morgan fingerprint density at radius 3 is 2.43 bits per heavy atom. The van der Waals surface area contributed by atoms with Crippen LogP contribution >= 0.6 is 0 Å². The Balaban J connectivity index is 1.27. The average molecular weight is 505 g/mol. The minimum Gasteiger partial charge on any atom is -0.507 e. The van der Waals surface area contributed by atoms with Crippen molar-refractivity contribution < 1.29 is 9.50 Å². The number of hydrogen-bond acceptors (Lipinski definition) is 7. The van der Waals surface area contributed by atoms with Crippen molar-refractivity contribution >= 4 is 5.82 Å². The second-order valence-electron chi connectivity index (χ2n) is 11.7. The van der Waals surface area contributed by atoms with E-state index in [4.69, 9.17) is 0 Å². The summed E-state index contributed by atoms with van der Waals surface area (Å²) in [5, 5.41) is 23.6. The van der Waals surface area contributed by atoms with E-state index in [0.29, 0.717) is 29.0 Å². The number of rotatable bonds is 5. The van der Waals surface area contributed by atoms with Crippen LogP contribution < -0.4 is 15.8 Å². The van der Waals surface area contributed by atoms with Crippen molar-refractivity contribution in [1.29, 1.82) is 0 Å². The molecule has 2 bridgehead atoms. The van der Waals surface area contributed by atoms with Gasteiger partial charge in [0.2, 0.25) is 0 Å². The minimum absolute atomic E-state index is 0.0989. The number of nitrogens with one attached hydrogen (secondary N) is 1. The molecule has 0 unspecified atom stereocenters. The fraction of sp³-hybridized carbons (Fsp3) is 0.500. The SMILES string of the molecule is Cn1cc(F)c(-c2ccc(-c3ncc(N(C4CC4)[C@H]4C[C@]5(C)CCC[C@](C)(C4)N5)nn3)c(O)c2)cc1=O. The van der Waals surface area contributed by atoms with Crippen LogP contribution in [0.25, 0.3) is 22.5 Å². The standard InChI is InChI=1S/C28H33FN6O2/c1-27-9-4-10-28(2,33-27)14-19(13-27)35(18-6-7-18)24-15-30-26(32-31-24)20-8-5-17(11-23(20)36)21-12-25(37)34(3)16-22(21)29/h5,8,11-12,15-16,18-19,33,36H,4,6-7,9-10,13-14H2,1-3H3/t19-,27-,28+. The van der Waals surface area contributed by atoms with Crippen LogP contribution in [-0.4, -0.2) is 48.0 Å². The molecule has 0 spiro atoms. The van der Waals surface area contributed by atoms with Crippen molar-refractivity contribution in [2.75, 3.05) is 4.90 Å². The zero-order valence-electron chi connectivity index (χ0n) is 21.5.